The predicted octanol–water partition coefficient (Wildman–Crippen LogP) is 6.36. The molecule has 107 heavy (non-hydrogen) atoms. The lowest BCUT2D eigenvalue weighted by Gasteiger charge is -2.15. The molecule has 0 bridgehead atoms. The summed E-state index contributed by atoms with van der Waals surface area (Å²) in [4.78, 5) is 144. The maximum absolute atomic E-state index is 11.4. The highest BCUT2D eigenvalue weighted by molar-refractivity contribution is 14.1. The summed E-state index contributed by atoms with van der Waals surface area (Å²) < 4.78 is 60.7. The number of nitro benzene ring substituents is 2. The van der Waals surface area contributed by atoms with E-state index < -0.39 is 99.6 Å². The normalized spacial score (nSPS) is 9.91. The van der Waals surface area contributed by atoms with Crippen molar-refractivity contribution in [2.75, 3.05) is 73.1 Å². The van der Waals surface area contributed by atoms with Crippen molar-refractivity contribution in [3.8, 4) is 0 Å². The number of aliphatic hydroxyl groups excluding tert-OH is 3. The first-order valence-electron chi connectivity index (χ1n) is 31.4. The number of halogens is 1. The molecule has 0 aliphatic carbocycles. The molecule has 590 valence electrons. The zero-order valence-electron chi connectivity index (χ0n) is 61.5. The first kappa shape index (κ1) is 91.8. The zero-order valence-corrected chi connectivity index (χ0v) is 63.3. The number of aliphatic hydroxyl groups is 3. The van der Waals surface area contributed by atoms with Crippen LogP contribution in [-0.2, 0) is 63.0 Å². The highest BCUT2D eigenvalue weighted by Crippen LogP contribution is 2.18. The summed E-state index contributed by atoms with van der Waals surface area (Å²) >= 11 is 1.96. The molecular formula is C53H77IN20O29P4. The standard InChI is InChI=1S/C11H12N6O7.C9H10N6O5.C8H7NO4.C7H9N3O5.C7H5NO4.C5H7N3O3.CH3I.CH4O.4CH5P/c1-23-11(18)24-8(6-14-4-2-12-9(14)16(19)20)7-15-5-3-13-10(15)17(21)22;16-7(5-12-3-1-10-8(12)14(17)18)6-13-4-2-11-9(13)15(19)20;1-13-8(10)6-2-4-7(5-3-6)9(11)12;1-14-7(11)15-5-4-9-3-2-8-6(9)10(12)13;9-7(10)5-1-3-6(4-2-5)8(11)12;9-4-3-7-2-1-6-5(7)8(10)11;6*1-2/h2-5,8H,6-7H2,1H3;1-4,7,16H,5-6H2;2-5H,1H3;2-3H,4-5H2,1H3;1-4H,(H,9,10);1-2,9H,3-4H2;1H3;2H,1H3;4*2H2,1H3/i;;;;;;1D;;4*1T. The smallest absolute Gasteiger partial charge is 0.478 e. The number of carboxylic acid groups (broad SMARTS) is 1. The maximum Gasteiger partial charge on any atom is 0.508 e. The van der Waals surface area contributed by atoms with Gasteiger partial charge < -0.3 is 105 Å². The van der Waals surface area contributed by atoms with E-state index in [0.29, 0.717) is 37.0 Å². The van der Waals surface area contributed by atoms with Gasteiger partial charge in [-0.15, -0.1) is 37.0 Å². The molecule has 0 saturated carbocycles. The average Bonchev–Trinajstić information content (AvgIpc) is 1.68. The van der Waals surface area contributed by atoms with Crippen LogP contribution in [0.3, 0.4) is 0 Å². The van der Waals surface area contributed by atoms with Gasteiger partial charge in [-0.3, -0.25) is 20.2 Å². The number of esters is 1. The molecule has 0 fully saturated rings. The minimum Gasteiger partial charge on any atom is -0.478 e. The van der Waals surface area contributed by atoms with E-state index in [1.807, 2.05) is 22.6 Å². The number of carbonyl (C=O) groups excluding carboxylic acids is 3. The highest BCUT2D eigenvalue weighted by Gasteiger charge is 2.27. The van der Waals surface area contributed by atoms with E-state index in [1.54, 1.807) is 0 Å². The largest absolute Gasteiger partial charge is 0.508 e. The van der Waals surface area contributed by atoms with Crippen LogP contribution in [0.25, 0.3) is 0 Å². The Kier molecular flexibility index (Phi) is 51.5. The Morgan fingerprint density at radius 3 is 1.02 bits per heavy atom. The van der Waals surface area contributed by atoms with Gasteiger partial charge in [-0.25, -0.2) is 46.6 Å². The van der Waals surface area contributed by atoms with Gasteiger partial charge in [0.15, 0.2) is 6.10 Å². The Morgan fingerprint density at radius 2 is 0.757 bits per heavy atom. The van der Waals surface area contributed by atoms with Gasteiger partial charge in [0.2, 0.25) is 0 Å². The van der Waals surface area contributed by atoms with Gasteiger partial charge in [0.25, 0.3) is 11.4 Å². The van der Waals surface area contributed by atoms with Crippen LogP contribution in [0.4, 0.5) is 56.7 Å². The van der Waals surface area contributed by atoms with Crippen LogP contribution in [0.2, 0.25) is 0 Å². The van der Waals surface area contributed by atoms with Crippen LogP contribution in [0.5, 0.6) is 0 Å². The van der Waals surface area contributed by atoms with Crippen LogP contribution in [-0.4, -0.2) is 227 Å². The van der Waals surface area contributed by atoms with Crippen molar-refractivity contribution < 1.29 is 110 Å². The van der Waals surface area contributed by atoms with Gasteiger partial charge in [0, 0.05) is 38.2 Å². The first-order valence-corrected chi connectivity index (χ1v) is 32.7. The molecule has 4 unspecified atom stereocenters. The third kappa shape index (κ3) is 39.4. The van der Waals surface area contributed by atoms with Crippen LogP contribution < -0.4 is 0 Å². The molecule has 0 aliphatic heterocycles. The van der Waals surface area contributed by atoms with E-state index in [2.05, 4.69) is 85.8 Å². The Bertz CT molecular complexity index is 3920. The molecule has 54 heteroatoms. The van der Waals surface area contributed by atoms with Crippen molar-refractivity contribution in [2.24, 2.45) is 0 Å². The number of alkyl halides is 1. The Balaban J connectivity index is -0.000000609. The van der Waals surface area contributed by atoms with E-state index >= 15 is 0 Å². The van der Waals surface area contributed by atoms with Gasteiger partial charge in [0.05, 0.1) is 55.5 Å². The molecular weight excluding hydrogens is 1630 g/mol. The lowest BCUT2D eigenvalue weighted by atomic mass is 10.2. The van der Waals surface area contributed by atoms with Crippen molar-refractivity contribution in [1.82, 2.24) is 57.3 Å². The van der Waals surface area contributed by atoms with Gasteiger partial charge >= 0.3 is 59.9 Å². The molecule has 4 N–H and O–H groups in total. The van der Waals surface area contributed by atoms with E-state index in [4.69, 9.17) is 26.9 Å². The van der Waals surface area contributed by atoms with Gasteiger partial charge in [0.1, 0.15) is 120 Å². The molecule has 49 nitrogen and oxygen atoms in total. The molecule has 0 saturated heterocycles. The quantitative estimate of drug-likeness (QED) is 0.00971. The topological polar surface area (TPSA) is 647 Å². The SMILES string of the molecule is CO.COC(=O)OC(Cn1ccnc1[N+](=O)[O-])Cn1ccnc1[N+](=O)[O-].COC(=O)OCCn1ccnc1[N+](=O)[O-].COC(=O)c1ccc([N+](=O)[O-])cc1.O=C(O)c1ccc([N+](=O)[O-])cc1.O=[N+]([O-])c1nccn1CC(O)Cn1ccnc1[N+](=O)[O-].O=[N+]([O-])c1nccn1CCO.[2H]CI.[3H]CP.[3H]CP.[3H]CP.[3H]CP. The van der Waals surface area contributed by atoms with E-state index in [-0.39, 0.29) is 81.3 Å². The molecule has 0 amide bonds. The van der Waals surface area contributed by atoms with Crippen molar-refractivity contribution in [1.29, 1.82) is 0 Å². The van der Waals surface area contributed by atoms with E-state index in [0.717, 1.165) is 44.6 Å². The number of aromatic carboxylic acids is 1. The van der Waals surface area contributed by atoms with Gasteiger partial charge in [-0.1, -0.05) is 79.1 Å². The zero-order chi connectivity index (χ0) is 86.4. The number of ether oxygens (including phenoxy) is 5. The number of carbonyl (C=O) groups is 4. The summed E-state index contributed by atoms with van der Waals surface area (Å²) in [6.07, 6.45) is 11.9. The number of hydrogen-bond acceptors (Lipinski definition) is 34. The molecule has 2 aromatic carbocycles. The third-order valence-electron chi connectivity index (χ3n) is 11.1. The second kappa shape index (κ2) is 60.0. The maximum atomic E-state index is 11.4. The number of aromatic nitrogens is 12. The highest BCUT2D eigenvalue weighted by atomic mass is 127. The number of benzene rings is 2. The number of hydrogen-bond donors (Lipinski definition) is 4. The number of rotatable bonds is 24. The number of methoxy groups -OCH3 is 3. The number of imidazole rings is 6. The number of carboxylic acids is 1. The van der Waals surface area contributed by atoms with Crippen LogP contribution in [0.1, 0.15) is 27.6 Å². The van der Waals surface area contributed by atoms with Crippen LogP contribution in [0.15, 0.2) is 123 Å². The fourth-order valence-electron chi connectivity index (χ4n) is 6.98. The lowest BCUT2D eigenvalue weighted by molar-refractivity contribution is -0.397. The second-order valence-electron chi connectivity index (χ2n) is 17.2. The molecule has 6 aromatic heterocycles. The third-order valence-corrected chi connectivity index (χ3v) is 11.1. The predicted molar refractivity (Wildman–Crippen MR) is 397 cm³/mol. The monoisotopic (exact) mass is 1720 g/mol. The van der Waals surface area contributed by atoms with Crippen molar-refractivity contribution in [2.45, 2.75) is 51.5 Å². The number of nitrogens with zero attached hydrogens (tertiary/aromatic N) is 20. The minimum absolute atomic E-state index is 0.0100. The van der Waals surface area contributed by atoms with Crippen LogP contribution >= 0.6 is 59.6 Å². The fraction of sp³-hybridized carbons (Fsp3) is 0.358. The second-order valence-corrected chi connectivity index (χ2v) is 17.2. The first-order chi connectivity index (χ1) is 53.1. The average molecular weight is 1720 g/mol. The molecule has 6 heterocycles. The summed E-state index contributed by atoms with van der Waals surface area (Å²) in [5.74, 6) is -3.82. The molecule has 8 aromatic rings. The molecule has 0 spiro atoms. The van der Waals surface area contributed by atoms with E-state index in [9.17, 15) is 105 Å². The van der Waals surface area contributed by atoms with Crippen molar-refractivity contribution in [3.05, 3.63) is 215 Å². The molecule has 0 radical (unpaired) electrons. The van der Waals surface area contributed by atoms with Crippen LogP contribution in [0, 0.1) is 80.9 Å². The summed E-state index contributed by atoms with van der Waals surface area (Å²) in [7, 11) is 13.5. The Morgan fingerprint density at radius 1 is 0.486 bits per heavy atom. The molecule has 4 atom stereocenters. The van der Waals surface area contributed by atoms with Crippen molar-refractivity contribution in [3.63, 3.8) is 0 Å². The fourth-order valence-corrected chi connectivity index (χ4v) is 6.98. The summed E-state index contributed by atoms with van der Waals surface area (Å²) in [6.45, 7) is 1.38. The Hall–Kier alpha value is -11.3. The minimum atomic E-state index is -1.09. The lowest BCUT2D eigenvalue weighted by Crippen LogP contribution is -2.29. The number of non-ortho nitro benzene ring substituents is 2. The molecule has 0 aliphatic rings. The molecule has 8 rings (SSSR count). The summed E-state index contributed by atoms with van der Waals surface area (Å²) in [5, 5.41) is 118. The number of nitro groups is 8. The van der Waals surface area contributed by atoms with Gasteiger partial charge in [-0.2, -0.15) is 0 Å². The van der Waals surface area contributed by atoms with E-state index in [1.165, 1.54) is 134 Å². The van der Waals surface area contributed by atoms with Crippen molar-refractivity contribution >= 4 is 131 Å². The Labute approximate surface area is 634 Å². The van der Waals surface area contributed by atoms with Gasteiger partial charge in [-0.05, 0) is 58.7 Å². The summed E-state index contributed by atoms with van der Waals surface area (Å²) in [5.41, 5.74) is 0.182. The summed E-state index contributed by atoms with van der Waals surface area (Å²) in [6, 6.07) is 9.92.